The van der Waals surface area contributed by atoms with Gasteiger partial charge in [-0.25, -0.2) is 4.39 Å². The number of hydrogen-bond donors (Lipinski definition) is 2. The number of nitrogens with one attached hydrogen (secondary N) is 1. The van der Waals surface area contributed by atoms with Gasteiger partial charge >= 0.3 is 0 Å². The van der Waals surface area contributed by atoms with E-state index in [0.29, 0.717) is 11.6 Å². The van der Waals surface area contributed by atoms with E-state index >= 15 is 0 Å². The Labute approximate surface area is 185 Å². The van der Waals surface area contributed by atoms with Crippen LogP contribution in [0.5, 0.6) is 0 Å². The molecule has 1 saturated carbocycles. The molecule has 4 rings (SSSR count). The van der Waals surface area contributed by atoms with Crippen LogP contribution in [0, 0.1) is 30.0 Å². The van der Waals surface area contributed by atoms with E-state index in [1.54, 1.807) is 0 Å². The molecule has 0 aliphatic heterocycles. The number of amidine groups is 1. The highest BCUT2D eigenvalue weighted by molar-refractivity contribution is 6.31. The Morgan fingerprint density at radius 3 is 2.74 bits per heavy atom. The van der Waals surface area contributed by atoms with Crippen molar-refractivity contribution in [1.29, 1.82) is 0 Å². The van der Waals surface area contributed by atoms with Gasteiger partial charge in [0.25, 0.3) is 0 Å². The highest BCUT2D eigenvalue weighted by Gasteiger charge is 2.31. The van der Waals surface area contributed by atoms with Crippen molar-refractivity contribution in [3.8, 4) is 12.3 Å². The van der Waals surface area contributed by atoms with Crippen LogP contribution in [0.4, 0.5) is 10.1 Å². The number of anilines is 1. The fourth-order valence-electron chi connectivity index (χ4n) is 4.55. The van der Waals surface area contributed by atoms with Gasteiger partial charge in [0, 0.05) is 18.1 Å². The highest BCUT2D eigenvalue weighted by Crippen LogP contribution is 2.40. The predicted molar refractivity (Wildman–Crippen MR) is 122 cm³/mol. The van der Waals surface area contributed by atoms with Crippen molar-refractivity contribution in [3.05, 3.63) is 59.0 Å². The zero-order valence-corrected chi connectivity index (χ0v) is 18.0. The Hall–Kier alpha value is -3.04. The van der Waals surface area contributed by atoms with Crippen molar-refractivity contribution >= 4 is 34.0 Å². The first kappa shape index (κ1) is 21.2. The first-order valence-electron chi connectivity index (χ1n) is 10.3. The van der Waals surface area contributed by atoms with E-state index in [0.717, 1.165) is 36.6 Å². The van der Waals surface area contributed by atoms with Gasteiger partial charge < -0.3 is 10.5 Å². The quantitative estimate of drug-likeness (QED) is 0.178. The second-order valence-corrected chi connectivity index (χ2v) is 8.49. The van der Waals surface area contributed by atoms with Gasteiger partial charge in [0.2, 0.25) is 0 Å². The minimum absolute atomic E-state index is 0.00867. The second kappa shape index (κ2) is 8.99. The number of rotatable bonds is 4. The Bertz CT molecular complexity index is 1160. The zero-order valence-electron chi connectivity index (χ0n) is 17.2. The van der Waals surface area contributed by atoms with Crippen LogP contribution in [-0.4, -0.2) is 20.8 Å². The number of fused-ring (bicyclic) bond motifs is 1. The summed E-state index contributed by atoms with van der Waals surface area (Å²) in [6.07, 6.45) is 11.6. The number of aromatic nitrogens is 2. The summed E-state index contributed by atoms with van der Waals surface area (Å²) in [5.41, 5.74) is 2.98. The molecule has 0 amide bonds. The molecule has 7 heteroatoms. The largest absolute Gasteiger partial charge is 0.409 e. The van der Waals surface area contributed by atoms with E-state index < -0.39 is 5.82 Å². The van der Waals surface area contributed by atoms with Crippen LogP contribution in [0.2, 0.25) is 5.02 Å². The monoisotopic (exact) mass is 438 g/mol. The molecule has 160 valence electrons. The van der Waals surface area contributed by atoms with Crippen molar-refractivity contribution in [2.24, 2.45) is 24.0 Å². The molecule has 1 heterocycles. The summed E-state index contributed by atoms with van der Waals surface area (Å²) >= 11 is 5.85. The average molecular weight is 439 g/mol. The van der Waals surface area contributed by atoms with Crippen LogP contribution >= 0.6 is 11.6 Å². The van der Waals surface area contributed by atoms with E-state index in [-0.39, 0.29) is 22.7 Å². The van der Waals surface area contributed by atoms with Gasteiger partial charge in [0.05, 0.1) is 22.7 Å². The summed E-state index contributed by atoms with van der Waals surface area (Å²) in [5, 5.41) is 21.5. The van der Waals surface area contributed by atoms with E-state index in [2.05, 4.69) is 39.7 Å². The van der Waals surface area contributed by atoms with Gasteiger partial charge in [-0.2, -0.15) is 5.10 Å². The lowest BCUT2D eigenvalue weighted by Crippen LogP contribution is -2.31. The fraction of sp³-hybridized carbons (Fsp3) is 0.333. The molecule has 0 radical (unpaired) electrons. The Balaban J connectivity index is 1.43. The van der Waals surface area contributed by atoms with Crippen molar-refractivity contribution in [3.63, 3.8) is 0 Å². The van der Waals surface area contributed by atoms with Crippen molar-refractivity contribution in [2.45, 2.75) is 31.6 Å². The molecule has 2 N–H and O–H groups in total. The van der Waals surface area contributed by atoms with Gasteiger partial charge in [-0.15, -0.1) is 6.42 Å². The molecule has 3 aromatic rings. The predicted octanol–water partition coefficient (Wildman–Crippen LogP) is 5.79. The first-order valence-corrected chi connectivity index (χ1v) is 10.7. The summed E-state index contributed by atoms with van der Waals surface area (Å²) in [5.74, 6) is 2.85. The molecule has 0 spiro atoms. The molecular weight excluding hydrogens is 415 g/mol. The van der Waals surface area contributed by atoms with Gasteiger partial charge in [-0.3, -0.25) is 4.68 Å². The van der Waals surface area contributed by atoms with E-state index in [9.17, 15) is 9.60 Å². The number of terminal acetylenes is 1. The summed E-state index contributed by atoms with van der Waals surface area (Å²) in [6.45, 7) is 0. The minimum atomic E-state index is -0.508. The number of nitrogens with zero attached hydrogens (tertiary/aromatic N) is 3. The summed E-state index contributed by atoms with van der Waals surface area (Å²) in [6, 6.07) is 10.8. The fourth-order valence-corrected chi connectivity index (χ4v) is 4.73. The third kappa shape index (κ3) is 4.38. The number of benzene rings is 2. The van der Waals surface area contributed by atoms with E-state index in [1.807, 2.05) is 17.9 Å². The zero-order chi connectivity index (χ0) is 22.0. The van der Waals surface area contributed by atoms with Crippen molar-refractivity contribution < 1.29 is 9.60 Å². The molecule has 1 fully saturated rings. The van der Waals surface area contributed by atoms with Crippen LogP contribution in [-0.2, 0) is 7.05 Å². The summed E-state index contributed by atoms with van der Waals surface area (Å²) in [7, 11) is 1.95. The SMILES string of the molecule is C#C[C@H](/C(=N/O)Nc1ccc(F)c(Cl)c1)[C@H]1CC[C@H](c2ccc3c(cnn3C)c2)CC1. The van der Waals surface area contributed by atoms with Gasteiger partial charge in [-0.1, -0.05) is 28.7 Å². The molecular formula is C24H24ClFN4O. The van der Waals surface area contributed by atoms with E-state index in [4.69, 9.17) is 18.0 Å². The van der Waals surface area contributed by atoms with Crippen LogP contribution < -0.4 is 5.32 Å². The Morgan fingerprint density at radius 1 is 1.29 bits per heavy atom. The highest BCUT2D eigenvalue weighted by atomic mass is 35.5. The van der Waals surface area contributed by atoms with Crippen LogP contribution in [0.3, 0.4) is 0 Å². The molecule has 31 heavy (non-hydrogen) atoms. The maximum Gasteiger partial charge on any atom is 0.161 e. The first-order chi connectivity index (χ1) is 15.0. The minimum Gasteiger partial charge on any atom is -0.409 e. The molecule has 1 aliphatic carbocycles. The maximum atomic E-state index is 13.4. The lowest BCUT2D eigenvalue weighted by atomic mass is 9.73. The van der Waals surface area contributed by atoms with Gasteiger partial charge in [-0.05, 0) is 73.4 Å². The summed E-state index contributed by atoms with van der Waals surface area (Å²) < 4.78 is 15.3. The second-order valence-electron chi connectivity index (χ2n) is 8.08. The molecule has 1 aromatic heterocycles. The standard InChI is InChI=1S/C24H24ClFN4O/c1-3-20(24(29-31)28-19-9-10-22(26)21(25)13-19)16-6-4-15(5-7-16)17-8-11-23-18(12-17)14-27-30(23)2/h1,8-16,20,31H,4-7H2,2H3,(H,28,29)/t15-,16-,20-/m0/s1. The molecule has 1 aliphatic rings. The van der Waals surface area contributed by atoms with Crippen LogP contribution in [0.15, 0.2) is 47.8 Å². The number of aryl methyl sites for hydroxylation is 1. The lowest BCUT2D eigenvalue weighted by molar-refractivity contribution is 0.288. The van der Waals surface area contributed by atoms with Crippen molar-refractivity contribution in [1.82, 2.24) is 9.78 Å². The van der Waals surface area contributed by atoms with Crippen LogP contribution in [0.1, 0.15) is 37.2 Å². The number of hydrogen-bond acceptors (Lipinski definition) is 3. The maximum absolute atomic E-state index is 13.4. The molecule has 0 bridgehead atoms. The van der Waals surface area contributed by atoms with Crippen molar-refractivity contribution in [2.75, 3.05) is 5.32 Å². The van der Waals surface area contributed by atoms with Gasteiger partial charge in [0.15, 0.2) is 5.84 Å². The smallest absolute Gasteiger partial charge is 0.161 e. The molecule has 0 unspecified atom stereocenters. The third-order valence-corrected chi connectivity index (χ3v) is 6.55. The third-order valence-electron chi connectivity index (χ3n) is 6.26. The molecule has 0 saturated heterocycles. The Morgan fingerprint density at radius 2 is 2.06 bits per heavy atom. The Kier molecular flexibility index (Phi) is 6.15. The summed E-state index contributed by atoms with van der Waals surface area (Å²) in [4.78, 5) is 0. The normalized spacial score (nSPS) is 20.4. The van der Waals surface area contributed by atoms with Gasteiger partial charge in [0.1, 0.15) is 5.82 Å². The number of oxime groups is 1. The average Bonchev–Trinajstić information content (AvgIpc) is 3.16. The topological polar surface area (TPSA) is 62.4 Å². The lowest BCUT2D eigenvalue weighted by Gasteiger charge is -2.32. The number of halogens is 2. The molecule has 2 aromatic carbocycles. The molecule has 5 nitrogen and oxygen atoms in total. The van der Waals surface area contributed by atoms with Crippen LogP contribution in [0.25, 0.3) is 10.9 Å². The molecule has 1 atom stereocenters. The van der Waals surface area contributed by atoms with E-state index in [1.165, 1.54) is 23.8 Å².